The molecule has 0 unspecified atom stereocenters. The summed E-state index contributed by atoms with van der Waals surface area (Å²) in [6.45, 7) is 10.5. The van der Waals surface area contributed by atoms with Gasteiger partial charge in [-0.05, 0) is 20.8 Å². The van der Waals surface area contributed by atoms with Crippen LogP contribution in [0.15, 0.2) is 4.52 Å². The summed E-state index contributed by atoms with van der Waals surface area (Å²) in [6.07, 6.45) is 0. The smallest absolute Gasteiger partial charge is 0.240 e. The van der Waals surface area contributed by atoms with E-state index in [0.717, 1.165) is 26.2 Å². The van der Waals surface area contributed by atoms with E-state index >= 15 is 0 Å². The lowest BCUT2D eigenvalue weighted by Gasteiger charge is -2.33. The van der Waals surface area contributed by atoms with Crippen LogP contribution in [-0.4, -0.2) is 64.6 Å². The average Bonchev–Trinajstić information content (AvgIpc) is 2.76. The normalized spacial score (nSPS) is 17.6. The van der Waals surface area contributed by atoms with Crippen LogP contribution < -0.4 is 5.32 Å². The van der Waals surface area contributed by atoms with E-state index in [1.54, 1.807) is 0 Å². The molecule has 0 aromatic carbocycles. The Morgan fingerprint density at radius 1 is 1.30 bits per heavy atom. The highest BCUT2D eigenvalue weighted by Gasteiger charge is 2.20. The molecule has 0 spiro atoms. The van der Waals surface area contributed by atoms with Gasteiger partial charge in [-0.3, -0.25) is 14.6 Å². The molecule has 2 rings (SSSR count). The summed E-state index contributed by atoms with van der Waals surface area (Å²) < 4.78 is 5.12. The predicted octanol–water partition coefficient (Wildman–Crippen LogP) is 0.0202. The fraction of sp³-hybridized carbons (Fsp3) is 0.769. The molecule has 0 aliphatic carbocycles. The number of aromatic nitrogens is 2. The fourth-order valence-electron chi connectivity index (χ4n) is 2.27. The van der Waals surface area contributed by atoms with Gasteiger partial charge in [-0.25, -0.2) is 0 Å². The molecule has 1 aliphatic heterocycles. The molecule has 0 saturated carbocycles. The van der Waals surface area contributed by atoms with E-state index in [9.17, 15) is 4.79 Å². The van der Waals surface area contributed by atoms with Crippen LogP contribution in [0, 0.1) is 6.92 Å². The van der Waals surface area contributed by atoms with Crippen molar-refractivity contribution in [3.63, 3.8) is 0 Å². The maximum atomic E-state index is 11.7. The SMILES string of the molecule is Cc1noc(CN2CCN(CC(=O)NC(C)C)CC2)n1. The van der Waals surface area contributed by atoms with Crippen molar-refractivity contribution in [2.24, 2.45) is 0 Å². The van der Waals surface area contributed by atoms with E-state index < -0.39 is 0 Å². The molecular formula is C13H23N5O2. The number of hydrogen-bond donors (Lipinski definition) is 1. The first kappa shape index (κ1) is 14.9. The standard InChI is InChI=1S/C13H23N5O2/c1-10(2)14-12(19)8-17-4-6-18(7-5-17)9-13-15-11(3)16-20-13/h10H,4-9H2,1-3H3,(H,14,19). The molecule has 112 valence electrons. The van der Waals surface area contributed by atoms with Gasteiger partial charge in [0, 0.05) is 32.2 Å². The molecule has 1 saturated heterocycles. The number of nitrogens with zero attached hydrogens (tertiary/aromatic N) is 4. The van der Waals surface area contributed by atoms with Crippen LogP contribution >= 0.6 is 0 Å². The van der Waals surface area contributed by atoms with Crippen LogP contribution in [0.2, 0.25) is 0 Å². The Morgan fingerprint density at radius 2 is 1.95 bits per heavy atom. The summed E-state index contributed by atoms with van der Waals surface area (Å²) in [6, 6.07) is 0.199. The van der Waals surface area contributed by atoms with Crippen molar-refractivity contribution < 1.29 is 9.32 Å². The monoisotopic (exact) mass is 281 g/mol. The van der Waals surface area contributed by atoms with Crippen molar-refractivity contribution in [3.05, 3.63) is 11.7 Å². The predicted molar refractivity (Wildman–Crippen MR) is 74.0 cm³/mol. The molecule has 1 N–H and O–H groups in total. The van der Waals surface area contributed by atoms with E-state index in [1.807, 2.05) is 20.8 Å². The van der Waals surface area contributed by atoms with Gasteiger partial charge in [0.15, 0.2) is 5.82 Å². The lowest BCUT2D eigenvalue weighted by molar-refractivity contribution is -0.123. The Kier molecular flexibility index (Phi) is 5.08. The van der Waals surface area contributed by atoms with Crippen molar-refractivity contribution >= 4 is 5.91 Å². The Morgan fingerprint density at radius 3 is 2.50 bits per heavy atom. The molecular weight excluding hydrogens is 258 g/mol. The van der Waals surface area contributed by atoms with Gasteiger partial charge < -0.3 is 9.84 Å². The van der Waals surface area contributed by atoms with E-state index in [1.165, 1.54) is 0 Å². The van der Waals surface area contributed by atoms with Crippen molar-refractivity contribution in [2.75, 3.05) is 32.7 Å². The molecule has 1 amide bonds. The van der Waals surface area contributed by atoms with Crippen molar-refractivity contribution in [2.45, 2.75) is 33.4 Å². The third-order valence-corrected chi connectivity index (χ3v) is 3.21. The number of rotatable bonds is 5. The summed E-state index contributed by atoms with van der Waals surface area (Å²) in [5.74, 6) is 1.43. The zero-order valence-corrected chi connectivity index (χ0v) is 12.4. The van der Waals surface area contributed by atoms with Gasteiger partial charge in [-0.15, -0.1) is 0 Å². The topological polar surface area (TPSA) is 74.5 Å². The molecule has 1 fully saturated rings. The Labute approximate surface area is 119 Å². The van der Waals surface area contributed by atoms with Crippen LogP contribution in [0.5, 0.6) is 0 Å². The summed E-state index contributed by atoms with van der Waals surface area (Å²) in [5, 5.41) is 6.70. The molecule has 0 atom stereocenters. The van der Waals surface area contributed by atoms with Crippen LogP contribution in [0.3, 0.4) is 0 Å². The maximum absolute atomic E-state index is 11.7. The molecule has 1 aromatic rings. The van der Waals surface area contributed by atoms with E-state index in [2.05, 4.69) is 25.3 Å². The third-order valence-electron chi connectivity index (χ3n) is 3.21. The molecule has 0 bridgehead atoms. The van der Waals surface area contributed by atoms with Crippen molar-refractivity contribution in [1.29, 1.82) is 0 Å². The highest BCUT2D eigenvalue weighted by atomic mass is 16.5. The highest BCUT2D eigenvalue weighted by Crippen LogP contribution is 2.06. The molecule has 1 aromatic heterocycles. The van der Waals surface area contributed by atoms with Gasteiger partial charge in [0.25, 0.3) is 0 Å². The number of carbonyl (C=O) groups excluding carboxylic acids is 1. The molecule has 7 nitrogen and oxygen atoms in total. The summed E-state index contributed by atoms with van der Waals surface area (Å²) in [5.41, 5.74) is 0. The first-order valence-electron chi connectivity index (χ1n) is 7.06. The van der Waals surface area contributed by atoms with Gasteiger partial charge in [0.05, 0.1) is 13.1 Å². The van der Waals surface area contributed by atoms with Crippen LogP contribution in [0.25, 0.3) is 0 Å². The number of aryl methyl sites for hydroxylation is 1. The lowest BCUT2D eigenvalue weighted by Crippen LogP contribution is -2.49. The summed E-state index contributed by atoms with van der Waals surface area (Å²) in [7, 11) is 0. The number of amides is 1. The van der Waals surface area contributed by atoms with Gasteiger partial charge in [0.2, 0.25) is 11.8 Å². The van der Waals surface area contributed by atoms with Crippen molar-refractivity contribution in [1.82, 2.24) is 25.3 Å². The third kappa shape index (κ3) is 4.57. The number of carbonyl (C=O) groups is 1. The fourth-order valence-corrected chi connectivity index (χ4v) is 2.27. The van der Waals surface area contributed by atoms with Crippen LogP contribution in [-0.2, 0) is 11.3 Å². The first-order chi connectivity index (χ1) is 9.52. The minimum absolute atomic E-state index is 0.0981. The first-order valence-corrected chi connectivity index (χ1v) is 7.06. The number of hydrogen-bond acceptors (Lipinski definition) is 6. The minimum Gasteiger partial charge on any atom is -0.353 e. The number of piperazine rings is 1. The molecule has 2 heterocycles. The molecule has 1 aliphatic rings. The Bertz CT molecular complexity index is 438. The quantitative estimate of drug-likeness (QED) is 0.820. The summed E-state index contributed by atoms with van der Waals surface area (Å²) >= 11 is 0. The highest BCUT2D eigenvalue weighted by molar-refractivity contribution is 5.78. The van der Waals surface area contributed by atoms with E-state index in [-0.39, 0.29) is 11.9 Å². The maximum Gasteiger partial charge on any atom is 0.240 e. The molecule has 20 heavy (non-hydrogen) atoms. The second-order valence-corrected chi connectivity index (χ2v) is 5.51. The van der Waals surface area contributed by atoms with Crippen LogP contribution in [0.4, 0.5) is 0 Å². The minimum atomic E-state index is 0.0981. The zero-order chi connectivity index (χ0) is 14.5. The van der Waals surface area contributed by atoms with Gasteiger partial charge in [-0.1, -0.05) is 5.16 Å². The lowest BCUT2D eigenvalue weighted by atomic mass is 10.3. The van der Waals surface area contributed by atoms with Crippen LogP contribution in [0.1, 0.15) is 25.6 Å². The largest absolute Gasteiger partial charge is 0.353 e. The molecule has 7 heteroatoms. The second kappa shape index (κ2) is 6.81. The van der Waals surface area contributed by atoms with Gasteiger partial charge in [-0.2, -0.15) is 4.98 Å². The second-order valence-electron chi connectivity index (χ2n) is 5.51. The zero-order valence-electron chi connectivity index (χ0n) is 12.4. The Hall–Kier alpha value is -1.47. The van der Waals surface area contributed by atoms with Gasteiger partial charge in [0.1, 0.15) is 0 Å². The van der Waals surface area contributed by atoms with E-state index in [0.29, 0.717) is 24.8 Å². The summed E-state index contributed by atoms with van der Waals surface area (Å²) in [4.78, 5) is 20.3. The van der Waals surface area contributed by atoms with Crippen molar-refractivity contribution in [3.8, 4) is 0 Å². The average molecular weight is 281 g/mol. The van der Waals surface area contributed by atoms with Gasteiger partial charge >= 0.3 is 0 Å². The Balaban J connectivity index is 1.71. The molecule has 0 radical (unpaired) electrons. The van der Waals surface area contributed by atoms with E-state index in [4.69, 9.17) is 4.52 Å². The number of nitrogens with one attached hydrogen (secondary N) is 1.